The minimum atomic E-state index is -0.501. The third-order valence-corrected chi connectivity index (χ3v) is 2.46. The molecule has 5 nitrogen and oxygen atoms in total. The van der Waals surface area contributed by atoms with Crippen LogP contribution in [0.25, 0.3) is 0 Å². The molecule has 1 rings (SSSR count). The quantitative estimate of drug-likeness (QED) is 0.694. The maximum absolute atomic E-state index is 11.7. The van der Waals surface area contributed by atoms with Crippen molar-refractivity contribution < 1.29 is 19.1 Å². The van der Waals surface area contributed by atoms with Gasteiger partial charge in [-0.25, -0.2) is 4.79 Å². The summed E-state index contributed by atoms with van der Waals surface area (Å²) in [7, 11) is 0. The van der Waals surface area contributed by atoms with Crippen LogP contribution in [0.1, 0.15) is 34.1 Å². The Morgan fingerprint density at radius 1 is 1.35 bits per heavy atom. The van der Waals surface area contributed by atoms with Gasteiger partial charge in [0.25, 0.3) is 0 Å². The summed E-state index contributed by atoms with van der Waals surface area (Å²) in [6, 6.07) is 0. The number of hydrogen-bond acceptors (Lipinski definition) is 4. The van der Waals surface area contributed by atoms with Gasteiger partial charge in [-0.3, -0.25) is 4.79 Å². The van der Waals surface area contributed by atoms with Gasteiger partial charge < -0.3 is 14.4 Å². The fraction of sp³-hybridized carbons (Fsp3) is 0.833. The van der Waals surface area contributed by atoms with E-state index in [1.807, 2.05) is 20.8 Å². The van der Waals surface area contributed by atoms with Crippen LogP contribution in [0.3, 0.4) is 0 Å². The lowest BCUT2D eigenvalue weighted by Crippen LogP contribution is -2.36. The molecule has 0 aliphatic carbocycles. The van der Waals surface area contributed by atoms with E-state index in [9.17, 15) is 9.59 Å². The van der Waals surface area contributed by atoms with E-state index in [0.29, 0.717) is 26.1 Å². The fourth-order valence-electron chi connectivity index (χ4n) is 1.71. The molecule has 0 N–H and O–H groups in total. The molecule has 1 fully saturated rings. The van der Waals surface area contributed by atoms with E-state index in [-0.39, 0.29) is 18.0 Å². The van der Waals surface area contributed by atoms with Crippen molar-refractivity contribution in [3.05, 3.63) is 0 Å². The molecule has 1 heterocycles. The molecule has 1 aliphatic heterocycles. The SMILES string of the molecule is CCOC(=O)[C@@H]1CCN(C(=O)OC(C)(C)C)C1. The lowest BCUT2D eigenvalue weighted by atomic mass is 10.1. The van der Waals surface area contributed by atoms with Gasteiger partial charge in [-0.2, -0.15) is 0 Å². The third kappa shape index (κ3) is 4.24. The van der Waals surface area contributed by atoms with Gasteiger partial charge in [-0.15, -0.1) is 0 Å². The molecule has 0 unspecified atom stereocenters. The highest BCUT2D eigenvalue weighted by Crippen LogP contribution is 2.20. The molecule has 1 atom stereocenters. The number of carbonyl (C=O) groups excluding carboxylic acids is 2. The number of nitrogens with zero attached hydrogens (tertiary/aromatic N) is 1. The molecule has 5 heteroatoms. The van der Waals surface area contributed by atoms with Gasteiger partial charge >= 0.3 is 12.1 Å². The van der Waals surface area contributed by atoms with Crippen molar-refractivity contribution in [3.8, 4) is 0 Å². The number of carbonyl (C=O) groups is 2. The monoisotopic (exact) mass is 243 g/mol. The summed E-state index contributed by atoms with van der Waals surface area (Å²) in [4.78, 5) is 24.8. The summed E-state index contributed by atoms with van der Waals surface area (Å²) < 4.78 is 10.2. The molecule has 1 aliphatic rings. The molecule has 0 aromatic heterocycles. The molecular weight excluding hydrogens is 222 g/mol. The van der Waals surface area contributed by atoms with E-state index in [2.05, 4.69) is 0 Å². The van der Waals surface area contributed by atoms with Gasteiger partial charge in [-0.05, 0) is 34.1 Å². The minimum absolute atomic E-state index is 0.206. The molecular formula is C12H21NO4. The largest absolute Gasteiger partial charge is 0.466 e. The van der Waals surface area contributed by atoms with Crippen LogP contribution in [0, 0.1) is 5.92 Å². The van der Waals surface area contributed by atoms with Gasteiger partial charge in [0, 0.05) is 13.1 Å². The van der Waals surface area contributed by atoms with Crippen LogP contribution in [0.15, 0.2) is 0 Å². The van der Waals surface area contributed by atoms with E-state index in [0.717, 1.165) is 0 Å². The fourth-order valence-corrected chi connectivity index (χ4v) is 1.71. The van der Waals surface area contributed by atoms with Crippen LogP contribution in [-0.2, 0) is 14.3 Å². The van der Waals surface area contributed by atoms with Crippen molar-refractivity contribution in [2.24, 2.45) is 5.92 Å². The second-order valence-electron chi connectivity index (χ2n) is 5.16. The zero-order valence-corrected chi connectivity index (χ0v) is 11.0. The average Bonchev–Trinajstić information content (AvgIpc) is 2.63. The van der Waals surface area contributed by atoms with Crippen LogP contribution in [0.4, 0.5) is 4.79 Å². The first-order valence-corrected chi connectivity index (χ1v) is 5.98. The van der Waals surface area contributed by atoms with E-state index >= 15 is 0 Å². The van der Waals surface area contributed by atoms with Crippen molar-refractivity contribution in [3.63, 3.8) is 0 Å². The van der Waals surface area contributed by atoms with E-state index in [4.69, 9.17) is 9.47 Å². The van der Waals surface area contributed by atoms with Crippen molar-refractivity contribution >= 4 is 12.1 Å². The number of amides is 1. The zero-order chi connectivity index (χ0) is 13.1. The Morgan fingerprint density at radius 2 is 2.00 bits per heavy atom. The first-order valence-electron chi connectivity index (χ1n) is 5.98. The molecule has 0 aromatic rings. The van der Waals surface area contributed by atoms with Crippen LogP contribution < -0.4 is 0 Å². The van der Waals surface area contributed by atoms with Gasteiger partial charge in [0.1, 0.15) is 5.60 Å². The number of esters is 1. The van der Waals surface area contributed by atoms with Gasteiger partial charge in [0.2, 0.25) is 0 Å². The number of hydrogen-bond donors (Lipinski definition) is 0. The molecule has 1 amide bonds. The number of likely N-dealkylation sites (tertiary alicyclic amines) is 1. The summed E-state index contributed by atoms with van der Waals surface area (Å²) in [5.41, 5.74) is -0.501. The first kappa shape index (κ1) is 13.8. The molecule has 17 heavy (non-hydrogen) atoms. The Morgan fingerprint density at radius 3 is 2.53 bits per heavy atom. The molecule has 0 radical (unpaired) electrons. The maximum Gasteiger partial charge on any atom is 0.410 e. The number of ether oxygens (including phenoxy) is 2. The highest BCUT2D eigenvalue weighted by Gasteiger charge is 2.34. The van der Waals surface area contributed by atoms with Crippen LogP contribution >= 0.6 is 0 Å². The van der Waals surface area contributed by atoms with Gasteiger partial charge in [-0.1, -0.05) is 0 Å². The summed E-state index contributed by atoms with van der Waals surface area (Å²) in [6.45, 7) is 8.57. The van der Waals surface area contributed by atoms with Crippen molar-refractivity contribution in [1.82, 2.24) is 4.90 Å². The van der Waals surface area contributed by atoms with Crippen molar-refractivity contribution in [2.45, 2.75) is 39.7 Å². The summed E-state index contributed by atoms with van der Waals surface area (Å²) in [5, 5.41) is 0. The van der Waals surface area contributed by atoms with E-state index in [1.54, 1.807) is 11.8 Å². The summed E-state index contributed by atoms with van der Waals surface area (Å²) in [6.07, 6.45) is 0.294. The van der Waals surface area contributed by atoms with Crippen molar-refractivity contribution in [2.75, 3.05) is 19.7 Å². The highest BCUT2D eigenvalue weighted by atomic mass is 16.6. The molecule has 1 saturated heterocycles. The Bertz CT molecular complexity index is 295. The molecule has 98 valence electrons. The smallest absolute Gasteiger partial charge is 0.410 e. The summed E-state index contributed by atoms with van der Waals surface area (Å²) in [5.74, 6) is -0.430. The Balaban J connectivity index is 2.45. The zero-order valence-electron chi connectivity index (χ0n) is 11.0. The summed E-state index contributed by atoms with van der Waals surface area (Å²) >= 11 is 0. The van der Waals surface area contributed by atoms with Crippen LogP contribution in [0.5, 0.6) is 0 Å². The Kier molecular flexibility index (Phi) is 4.37. The van der Waals surface area contributed by atoms with E-state index < -0.39 is 5.60 Å². The predicted octanol–water partition coefficient (Wildman–Crippen LogP) is 1.81. The predicted molar refractivity (Wildman–Crippen MR) is 62.5 cm³/mol. The molecule has 0 bridgehead atoms. The average molecular weight is 243 g/mol. The standard InChI is InChI=1S/C12H21NO4/c1-5-16-10(14)9-6-7-13(8-9)11(15)17-12(2,3)4/h9H,5-8H2,1-4H3/t9-/m1/s1. The molecule has 0 saturated carbocycles. The van der Waals surface area contributed by atoms with E-state index in [1.165, 1.54) is 0 Å². The second kappa shape index (κ2) is 5.38. The van der Waals surface area contributed by atoms with Crippen LogP contribution in [-0.4, -0.2) is 42.3 Å². The number of rotatable bonds is 2. The van der Waals surface area contributed by atoms with Gasteiger partial charge in [0.05, 0.1) is 12.5 Å². The normalized spacial score (nSPS) is 20.2. The van der Waals surface area contributed by atoms with Gasteiger partial charge in [0.15, 0.2) is 0 Å². The van der Waals surface area contributed by atoms with Crippen LogP contribution in [0.2, 0.25) is 0 Å². The topological polar surface area (TPSA) is 55.8 Å². The maximum atomic E-state index is 11.7. The minimum Gasteiger partial charge on any atom is -0.466 e. The lowest BCUT2D eigenvalue weighted by molar-refractivity contribution is -0.147. The Labute approximate surface area is 102 Å². The molecule has 0 spiro atoms. The third-order valence-electron chi connectivity index (χ3n) is 2.46. The highest BCUT2D eigenvalue weighted by molar-refractivity contribution is 5.75. The van der Waals surface area contributed by atoms with Crippen molar-refractivity contribution in [1.29, 1.82) is 0 Å². The second-order valence-corrected chi connectivity index (χ2v) is 5.16. The first-order chi connectivity index (χ1) is 7.83. The molecule has 0 aromatic carbocycles. The Hall–Kier alpha value is -1.26. The lowest BCUT2D eigenvalue weighted by Gasteiger charge is -2.24.